The Morgan fingerprint density at radius 3 is 1.47 bits per heavy atom. The van der Waals surface area contributed by atoms with Crippen molar-refractivity contribution in [3.8, 4) is 46.0 Å². The van der Waals surface area contributed by atoms with Crippen LogP contribution in [0.15, 0.2) is 138 Å². The lowest BCUT2D eigenvalue weighted by Gasteiger charge is -2.32. The maximum Gasteiger partial charge on any atom is 0.495 e. The largest absolute Gasteiger partial charge is 0.507 e. The Labute approximate surface area is 585 Å². The Hall–Kier alpha value is -6.63. The summed E-state index contributed by atoms with van der Waals surface area (Å²) in [6.45, 7) is 26.1. The van der Waals surface area contributed by atoms with Gasteiger partial charge in [-0.05, 0) is 243 Å². The van der Waals surface area contributed by atoms with Crippen LogP contribution in [0.1, 0.15) is 121 Å². The highest BCUT2D eigenvalue weighted by Gasteiger charge is 2.52. The van der Waals surface area contributed by atoms with E-state index in [0.717, 1.165) is 105 Å². The molecule has 19 heteroatoms. The zero-order valence-corrected chi connectivity index (χ0v) is 61.5. The van der Waals surface area contributed by atoms with Gasteiger partial charge in [-0.15, -0.1) is 0 Å². The summed E-state index contributed by atoms with van der Waals surface area (Å²) in [6, 6.07) is 40.8. The van der Waals surface area contributed by atoms with E-state index in [0.29, 0.717) is 22.6 Å². The Balaban J connectivity index is 0.000000169. The van der Waals surface area contributed by atoms with E-state index in [4.69, 9.17) is 44.2 Å². The zero-order valence-electron chi connectivity index (χ0n) is 54.0. The number of phenolic OH excluding ortho intramolecular Hbond substituents is 4. The highest BCUT2D eigenvalue weighted by atomic mass is 127. The number of ketones is 3. The van der Waals surface area contributed by atoms with Crippen LogP contribution in [0.5, 0.6) is 46.0 Å². The molecule has 0 aliphatic carbocycles. The molecule has 1 saturated heterocycles. The van der Waals surface area contributed by atoms with Crippen molar-refractivity contribution in [2.75, 3.05) is 37.5 Å². The lowest BCUT2D eigenvalue weighted by molar-refractivity contribution is 0.00578. The molecule has 0 aromatic heterocycles. The number of benzene rings is 8. The third-order valence-electron chi connectivity index (χ3n) is 16.0. The number of para-hydroxylation sites is 1. The summed E-state index contributed by atoms with van der Waals surface area (Å²) in [5.41, 5.74) is 19.4. The molecule has 5 aliphatic heterocycles. The molecule has 8 aromatic rings. The number of fused-ring (bicyclic) bond motifs is 4. The van der Waals surface area contributed by atoms with E-state index in [9.17, 15) is 24.6 Å². The molecule has 0 saturated carbocycles. The number of hydrogen-bond acceptors (Lipinski definition) is 14. The van der Waals surface area contributed by atoms with Crippen molar-refractivity contribution in [2.24, 2.45) is 0 Å². The summed E-state index contributed by atoms with van der Waals surface area (Å²) < 4.78 is 37.1. The average molecular weight is 1600 g/mol. The van der Waals surface area contributed by atoms with Crippen molar-refractivity contribution >= 4 is 113 Å². The summed E-state index contributed by atoms with van der Waals surface area (Å²) >= 11 is 11.0. The second-order valence-corrected chi connectivity index (χ2v) is 26.8. The first-order valence-electron chi connectivity index (χ1n) is 29.8. The van der Waals surface area contributed by atoms with E-state index in [-0.39, 0.29) is 64.9 Å². The van der Waals surface area contributed by atoms with Crippen LogP contribution in [0.25, 0.3) is 0 Å². The zero-order chi connectivity index (χ0) is 67.8. The summed E-state index contributed by atoms with van der Waals surface area (Å²) in [7, 11) is -0.289. The van der Waals surface area contributed by atoms with Gasteiger partial charge in [0.25, 0.3) is 0 Å². The molecular formula is C73H80BBr2I2NO13. The van der Waals surface area contributed by atoms with Crippen LogP contribution in [0.4, 0.5) is 5.69 Å². The highest BCUT2D eigenvalue weighted by molar-refractivity contribution is 14.1. The minimum absolute atomic E-state index is 0.0550. The fourth-order valence-corrected chi connectivity index (χ4v) is 12.1. The number of nitrogens with two attached hydrogens (primary N) is 1. The number of alkyl halides is 1. The molecule has 486 valence electrons. The van der Waals surface area contributed by atoms with Gasteiger partial charge >= 0.3 is 7.12 Å². The second-order valence-electron chi connectivity index (χ2n) is 23.2. The first-order valence-corrected chi connectivity index (χ1v) is 33.9. The van der Waals surface area contributed by atoms with Gasteiger partial charge in [-0.3, -0.25) is 14.4 Å². The summed E-state index contributed by atoms with van der Waals surface area (Å²) in [5, 5.41) is 36.9. The van der Waals surface area contributed by atoms with Crippen LogP contribution in [0.2, 0.25) is 0 Å². The number of ether oxygens (including phenoxy) is 4. The average Bonchev–Trinajstić information content (AvgIpc) is 1.62. The fourth-order valence-electron chi connectivity index (χ4n) is 10.0. The van der Waals surface area contributed by atoms with Crippen LogP contribution in [-0.2, 0) is 28.6 Å². The van der Waals surface area contributed by atoms with Crippen molar-refractivity contribution in [1.29, 1.82) is 0 Å². The number of anilines is 1. The summed E-state index contributed by atoms with van der Waals surface area (Å²) in [4.78, 5) is 33.3. The van der Waals surface area contributed by atoms with E-state index >= 15 is 0 Å². The molecular weight excluding hydrogens is 1520 g/mol. The molecule has 5 heterocycles. The molecule has 6 N–H and O–H groups in total. The van der Waals surface area contributed by atoms with Crippen LogP contribution in [0, 0.1) is 55.6 Å². The van der Waals surface area contributed by atoms with E-state index in [2.05, 4.69) is 143 Å². The monoisotopic (exact) mass is 1600 g/mol. The third kappa shape index (κ3) is 19.3. The van der Waals surface area contributed by atoms with Crippen LogP contribution < -0.4 is 30.1 Å². The second kappa shape index (κ2) is 34.0. The quantitative estimate of drug-likeness (QED) is 0.0277. The Morgan fingerprint density at radius 2 is 0.978 bits per heavy atom. The Morgan fingerprint density at radius 1 is 0.533 bits per heavy atom. The number of carbonyl (C=O) groups is 3. The maximum atomic E-state index is 11.2. The number of halogens is 4. The van der Waals surface area contributed by atoms with Crippen molar-refractivity contribution in [3.63, 3.8) is 0 Å². The van der Waals surface area contributed by atoms with Gasteiger partial charge in [-0.2, -0.15) is 0 Å². The third-order valence-corrected chi connectivity index (χ3v) is 20.0. The predicted molar refractivity (Wildman–Crippen MR) is 390 cm³/mol. The number of carbonyl (C=O) groups excluding carboxylic acids is 3. The minimum Gasteiger partial charge on any atom is -0.507 e. The van der Waals surface area contributed by atoms with Gasteiger partial charge in [0, 0.05) is 43.1 Å². The van der Waals surface area contributed by atoms with Gasteiger partial charge in [-0.25, -0.2) is 0 Å². The molecule has 0 radical (unpaired) electrons. The maximum absolute atomic E-state index is 11.2. The number of aromatic hydroxyl groups is 4. The molecule has 1 fully saturated rings. The van der Waals surface area contributed by atoms with Crippen LogP contribution in [-0.4, -0.2) is 87.9 Å². The smallest absolute Gasteiger partial charge is 0.495 e. The number of phenols is 4. The number of nitrogen functional groups attached to an aromatic ring is 1. The fraction of sp³-hybridized carbons (Fsp3) is 0.301. The van der Waals surface area contributed by atoms with E-state index in [1.54, 1.807) is 56.3 Å². The number of rotatable bonds is 4. The molecule has 0 unspecified atom stereocenters. The van der Waals surface area contributed by atoms with E-state index in [1.165, 1.54) is 54.0 Å². The molecule has 14 nitrogen and oxygen atoms in total. The lowest BCUT2D eigenvalue weighted by atomic mass is 9.78. The van der Waals surface area contributed by atoms with Crippen molar-refractivity contribution in [3.05, 3.63) is 217 Å². The normalized spacial score (nSPS) is 14.1. The van der Waals surface area contributed by atoms with Crippen molar-refractivity contribution in [1.82, 2.24) is 0 Å². The molecule has 0 amide bonds. The predicted octanol–water partition coefficient (Wildman–Crippen LogP) is 16.5. The summed E-state index contributed by atoms with van der Waals surface area (Å²) in [6.07, 6.45) is 3.14. The van der Waals surface area contributed by atoms with Crippen LogP contribution >= 0.6 is 77.0 Å². The first-order chi connectivity index (χ1) is 43.5. The van der Waals surface area contributed by atoms with Crippen molar-refractivity contribution in [2.45, 2.75) is 114 Å². The first kappa shape index (κ1) is 74.4. The number of hydrogen-bond donors (Lipinski definition) is 5. The minimum atomic E-state index is -0.295. The van der Waals surface area contributed by atoms with E-state index < -0.39 is 0 Å². The topological polar surface area (TPSA) is 214 Å². The molecule has 5 aliphatic rings. The van der Waals surface area contributed by atoms with Gasteiger partial charge in [0.05, 0.1) is 63.2 Å². The molecule has 8 aromatic carbocycles. The Kier molecular flexibility index (Phi) is 27.5. The highest BCUT2D eigenvalue weighted by Crippen LogP contribution is 2.39. The van der Waals surface area contributed by atoms with Gasteiger partial charge in [0.1, 0.15) is 46.0 Å². The van der Waals surface area contributed by atoms with E-state index in [1.807, 2.05) is 75.4 Å². The molecule has 92 heavy (non-hydrogen) atoms. The van der Waals surface area contributed by atoms with Gasteiger partial charge in [-0.1, -0.05) is 94.8 Å². The number of Topliss-reactive ketones (excluding diaryl/α,β-unsaturated/α-hetero) is 3. The Bertz CT molecular complexity index is 3770. The molecule has 13 rings (SSSR count). The summed E-state index contributed by atoms with van der Waals surface area (Å²) in [5.74, 6) is 4.40. The standard InChI is InChI=1S/C14H18BIO3.C9H9BrO2.C9H9IO.C9H8O2.C9H10O2.C9H10O.C7H7BrO.C7H9NO/c1-13(2)14(3,4)19-15(18-13)10-5-6-11-9(12(10)16)7-8-17-11;1-6-3-2-4-7(11)9(6)8(12)5-10;1-6-7-4-5-11-9(7)3-2-8(6)10;1-6-3-2-4-8-9(6)7(10)5-11-8;1-6-4-3-5-8(11)9(6)7(2)10;1-7-3-2-4-9-8(7)5-6-10-9;2*1-5-3-2-4-6(9)7(5)8/h5-6H,7-8H2,1-4H3;2-4,11H,5H2,1H3;2-3H,4-5H2,1H3;2-4H,5H2,1H3;3-5,11H,1-2H3;2-4H,5-6H2,1H3;2-4,9H,1H3;2-4,9H,8H2,1H3. The lowest BCUT2D eigenvalue weighted by Crippen LogP contribution is -2.41. The molecule has 0 spiro atoms. The van der Waals surface area contributed by atoms with Gasteiger partial charge in [0.2, 0.25) is 5.78 Å². The molecule has 0 bridgehead atoms. The van der Waals surface area contributed by atoms with Gasteiger partial charge in [0.15, 0.2) is 18.2 Å². The molecule has 0 atom stereocenters. The van der Waals surface area contributed by atoms with Gasteiger partial charge < -0.3 is 54.4 Å². The SMILES string of the molecule is CC(=O)c1c(C)cccc1O.CC1(C)OB(c2ccc3c(c2I)CCO3)OC1(C)C.Cc1c(I)ccc2c1CCO2.Cc1cccc(O)c1Br.Cc1cccc(O)c1C(=O)CBr.Cc1cccc(O)c1N.Cc1cccc2c1C(=O)CO2.Cc1cccc2c1CCO2. The number of aryl methyl sites for hydroxylation is 6. The van der Waals surface area contributed by atoms with Crippen LogP contribution in [0.3, 0.4) is 0 Å². The van der Waals surface area contributed by atoms with Crippen molar-refractivity contribution < 1.29 is 63.1 Å².